The first-order valence-corrected chi connectivity index (χ1v) is 11.4. The molecule has 8 heteroatoms. The van der Waals surface area contributed by atoms with Crippen molar-refractivity contribution in [2.75, 3.05) is 13.2 Å². The quantitative estimate of drug-likeness (QED) is 0.502. The summed E-state index contributed by atoms with van der Waals surface area (Å²) >= 11 is 9.19. The smallest absolute Gasteiger partial charge is 0.276 e. The van der Waals surface area contributed by atoms with Gasteiger partial charge in [0.2, 0.25) is 0 Å². The van der Waals surface area contributed by atoms with Crippen LogP contribution in [0.15, 0.2) is 40.9 Å². The van der Waals surface area contributed by atoms with Crippen molar-refractivity contribution in [3.63, 3.8) is 0 Å². The number of carbonyl (C=O) groups excluding carboxylic acids is 2. The van der Waals surface area contributed by atoms with Crippen molar-refractivity contribution in [1.82, 2.24) is 10.9 Å². The Morgan fingerprint density at radius 1 is 0.844 bits per heavy atom. The molecule has 2 aromatic rings. The lowest BCUT2D eigenvalue weighted by molar-refractivity contribution is -0.131. The molecule has 0 aliphatic heterocycles. The second-order valence-electron chi connectivity index (χ2n) is 9.46. The number of ether oxygens (including phenoxy) is 2. The van der Waals surface area contributed by atoms with Crippen LogP contribution in [0, 0.1) is 0 Å². The van der Waals surface area contributed by atoms with Crippen LogP contribution in [0.2, 0.25) is 5.02 Å². The number of amides is 2. The number of benzene rings is 2. The molecular formula is C24H30BrClN2O4. The molecule has 32 heavy (non-hydrogen) atoms. The van der Waals surface area contributed by atoms with Crippen LogP contribution in [0.25, 0.3) is 0 Å². The first kappa shape index (κ1) is 26.0. The molecule has 0 aromatic heterocycles. The average molecular weight is 526 g/mol. The Bertz CT molecular complexity index is 981. The third kappa shape index (κ3) is 7.71. The lowest BCUT2D eigenvalue weighted by Crippen LogP contribution is -2.45. The van der Waals surface area contributed by atoms with Crippen molar-refractivity contribution < 1.29 is 19.1 Å². The molecule has 2 N–H and O–H groups in total. The number of hydrogen-bond acceptors (Lipinski definition) is 4. The van der Waals surface area contributed by atoms with E-state index in [9.17, 15) is 9.59 Å². The molecule has 0 saturated heterocycles. The molecule has 6 nitrogen and oxygen atoms in total. The largest absolute Gasteiger partial charge is 0.483 e. The number of halogens is 2. The number of carbonyl (C=O) groups is 2. The highest BCUT2D eigenvalue weighted by Crippen LogP contribution is 2.35. The fourth-order valence-corrected chi connectivity index (χ4v) is 3.60. The Labute approximate surface area is 203 Å². The fourth-order valence-electron chi connectivity index (χ4n) is 2.80. The lowest BCUT2D eigenvalue weighted by Gasteiger charge is -2.27. The Morgan fingerprint density at radius 3 is 1.88 bits per heavy atom. The molecule has 0 saturated carbocycles. The molecule has 0 aliphatic rings. The van der Waals surface area contributed by atoms with E-state index in [1.54, 1.807) is 18.2 Å². The second kappa shape index (κ2) is 10.6. The molecule has 0 aliphatic carbocycles. The predicted octanol–water partition coefficient (Wildman–Crippen LogP) is 5.30. The van der Waals surface area contributed by atoms with E-state index in [0.29, 0.717) is 21.0 Å². The van der Waals surface area contributed by atoms with Crippen molar-refractivity contribution in [2.45, 2.75) is 52.4 Å². The fraction of sp³-hybridized carbons (Fsp3) is 0.417. The maximum atomic E-state index is 12.2. The van der Waals surface area contributed by atoms with E-state index in [-0.39, 0.29) is 24.0 Å². The van der Waals surface area contributed by atoms with E-state index in [1.807, 2.05) is 12.1 Å². The van der Waals surface area contributed by atoms with E-state index in [1.165, 1.54) is 5.56 Å². The zero-order valence-corrected chi connectivity index (χ0v) is 21.6. The standard InChI is InChI=1S/C24H30BrClN2O4/c1-23(2,3)15-7-9-19(17(11-15)24(4,5)6)31-13-21(29)27-28-22(30)14-32-20-10-8-16(26)12-18(20)25/h7-12H,13-14H2,1-6H3,(H,27,29)(H,28,30). The maximum absolute atomic E-state index is 12.2. The third-order valence-corrected chi connectivity index (χ3v) is 5.46. The van der Waals surface area contributed by atoms with Gasteiger partial charge in [0.1, 0.15) is 11.5 Å². The van der Waals surface area contributed by atoms with Crippen LogP contribution < -0.4 is 20.3 Å². The van der Waals surface area contributed by atoms with Gasteiger partial charge in [-0.1, -0.05) is 65.3 Å². The number of rotatable bonds is 6. The van der Waals surface area contributed by atoms with Gasteiger partial charge >= 0.3 is 0 Å². The average Bonchev–Trinajstić information content (AvgIpc) is 2.68. The normalized spacial score (nSPS) is 11.6. The van der Waals surface area contributed by atoms with Crippen LogP contribution >= 0.6 is 27.5 Å². The number of nitrogens with one attached hydrogen (secondary N) is 2. The Kier molecular flexibility index (Phi) is 8.60. The minimum atomic E-state index is -0.509. The highest BCUT2D eigenvalue weighted by Gasteiger charge is 2.23. The Morgan fingerprint density at radius 2 is 1.38 bits per heavy atom. The summed E-state index contributed by atoms with van der Waals surface area (Å²) in [6.07, 6.45) is 0. The number of hydrazine groups is 1. The molecule has 2 amide bonds. The van der Waals surface area contributed by atoms with Crippen molar-refractivity contribution in [3.8, 4) is 11.5 Å². The molecule has 0 spiro atoms. The topological polar surface area (TPSA) is 76.7 Å². The number of hydrogen-bond donors (Lipinski definition) is 2. The summed E-state index contributed by atoms with van der Waals surface area (Å²) in [5.74, 6) is 0.117. The summed E-state index contributed by atoms with van der Waals surface area (Å²) in [5, 5.41) is 0.545. The van der Waals surface area contributed by atoms with Gasteiger partial charge in [0, 0.05) is 5.02 Å². The molecule has 2 rings (SSSR count). The molecule has 0 atom stereocenters. The first-order chi connectivity index (χ1) is 14.8. The molecule has 174 valence electrons. The van der Waals surface area contributed by atoms with E-state index in [0.717, 1.165) is 5.56 Å². The van der Waals surface area contributed by atoms with Crippen molar-refractivity contribution in [3.05, 3.63) is 57.0 Å². The Balaban J connectivity index is 1.89. The van der Waals surface area contributed by atoms with E-state index >= 15 is 0 Å². The summed E-state index contributed by atoms with van der Waals surface area (Å²) in [4.78, 5) is 24.1. The van der Waals surface area contributed by atoms with E-state index in [2.05, 4.69) is 74.4 Å². The van der Waals surface area contributed by atoms with Gasteiger partial charge in [-0.2, -0.15) is 0 Å². The van der Waals surface area contributed by atoms with Crippen molar-refractivity contribution in [1.29, 1.82) is 0 Å². The van der Waals surface area contributed by atoms with Gasteiger partial charge in [0.15, 0.2) is 13.2 Å². The van der Waals surface area contributed by atoms with Gasteiger partial charge in [-0.15, -0.1) is 0 Å². The minimum Gasteiger partial charge on any atom is -0.483 e. The molecule has 0 fully saturated rings. The van der Waals surface area contributed by atoms with Crippen molar-refractivity contribution >= 4 is 39.3 Å². The molecule has 2 aromatic carbocycles. The zero-order chi connectivity index (χ0) is 24.1. The zero-order valence-electron chi connectivity index (χ0n) is 19.3. The summed E-state index contributed by atoms with van der Waals surface area (Å²) in [6.45, 7) is 12.2. The van der Waals surface area contributed by atoms with Crippen LogP contribution in [0.5, 0.6) is 11.5 Å². The highest BCUT2D eigenvalue weighted by atomic mass is 79.9. The third-order valence-electron chi connectivity index (χ3n) is 4.61. The monoisotopic (exact) mass is 524 g/mol. The van der Waals surface area contributed by atoms with Crippen LogP contribution in [-0.4, -0.2) is 25.0 Å². The van der Waals surface area contributed by atoms with Gasteiger partial charge in [0.05, 0.1) is 4.47 Å². The van der Waals surface area contributed by atoms with Crippen LogP contribution in [-0.2, 0) is 20.4 Å². The summed E-state index contributed by atoms with van der Waals surface area (Å²) in [6, 6.07) is 11.0. The van der Waals surface area contributed by atoms with Gasteiger partial charge in [-0.3, -0.25) is 20.4 Å². The van der Waals surface area contributed by atoms with Gasteiger partial charge in [-0.25, -0.2) is 0 Å². The van der Waals surface area contributed by atoms with Crippen molar-refractivity contribution in [2.24, 2.45) is 0 Å². The van der Waals surface area contributed by atoms with E-state index in [4.69, 9.17) is 21.1 Å². The molecule has 0 bridgehead atoms. The summed E-state index contributed by atoms with van der Waals surface area (Å²) in [5.41, 5.74) is 6.70. The molecular weight excluding hydrogens is 496 g/mol. The first-order valence-electron chi connectivity index (χ1n) is 10.2. The SMILES string of the molecule is CC(C)(C)c1ccc(OCC(=O)NNC(=O)COc2ccc(Cl)cc2Br)c(C(C)(C)C)c1. The molecule has 0 unspecified atom stereocenters. The summed E-state index contributed by atoms with van der Waals surface area (Å²) in [7, 11) is 0. The highest BCUT2D eigenvalue weighted by molar-refractivity contribution is 9.10. The second-order valence-corrected chi connectivity index (χ2v) is 10.8. The molecule has 0 radical (unpaired) electrons. The molecule has 0 heterocycles. The Hall–Kier alpha value is -2.25. The summed E-state index contributed by atoms with van der Waals surface area (Å²) < 4.78 is 11.8. The van der Waals surface area contributed by atoms with Gasteiger partial charge in [0.25, 0.3) is 11.8 Å². The van der Waals surface area contributed by atoms with Gasteiger partial charge in [-0.05, 0) is 62.2 Å². The minimum absolute atomic E-state index is 0.00383. The van der Waals surface area contributed by atoms with Crippen LogP contribution in [0.3, 0.4) is 0 Å². The van der Waals surface area contributed by atoms with Crippen LogP contribution in [0.4, 0.5) is 0 Å². The predicted molar refractivity (Wildman–Crippen MR) is 130 cm³/mol. The van der Waals surface area contributed by atoms with E-state index < -0.39 is 11.8 Å². The lowest BCUT2D eigenvalue weighted by atomic mass is 9.80. The maximum Gasteiger partial charge on any atom is 0.276 e. The van der Waals surface area contributed by atoms with Crippen LogP contribution in [0.1, 0.15) is 52.7 Å². The van der Waals surface area contributed by atoms with Gasteiger partial charge < -0.3 is 9.47 Å².